The Bertz CT molecular complexity index is 1980. The molecule has 5 aliphatic heterocycles. The third-order valence-electron chi connectivity index (χ3n) is 19.4. The molecule has 0 aromatic heterocycles. The minimum Gasteiger partial charge on any atom is -0.494 e. The molecule has 0 aromatic carbocycles. The monoisotopic (exact) mass is 1080 g/mol. The molecule has 5 heterocycles. The molecule has 4 saturated heterocycles. The molecule has 0 aromatic rings. The summed E-state index contributed by atoms with van der Waals surface area (Å²) in [6, 6.07) is 0. The first-order valence-electron chi connectivity index (χ1n) is 26.9. The Hall–Kier alpha value is -1.67. The fourth-order valence-corrected chi connectivity index (χ4v) is 14.9. The summed E-state index contributed by atoms with van der Waals surface area (Å²) in [4.78, 5) is 14.7. The molecule has 14 N–H and O–H groups in total. The van der Waals surface area contributed by atoms with Crippen LogP contribution < -0.4 is 0 Å². The minimum atomic E-state index is -1.92. The number of fused-ring (bicyclic) bond motifs is 7. The molecule has 430 valence electrons. The lowest BCUT2D eigenvalue weighted by molar-refractivity contribution is -0.390. The zero-order valence-corrected chi connectivity index (χ0v) is 42.9. The van der Waals surface area contributed by atoms with Crippen molar-refractivity contribution < 1.29 is 119 Å². The third kappa shape index (κ3) is 10.4. The highest BCUT2D eigenvalue weighted by Gasteiger charge is 2.68. The van der Waals surface area contributed by atoms with Crippen molar-refractivity contribution in [3.63, 3.8) is 0 Å². The van der Waals surface area contributed by atoms with Crippen molar-refractivity contribution in [1.29, 1.82) is 0 Å². The van der Waals surface area contributed by atoms with Gasteiger partial charge in [-0.2, -0.15) is 0 Å². The maximum absolute atomic E-state index is 14.7. The topological polar surface area (TPSA) is 383 Å². The number of ketones is 1. The summed E-state index contributed by atoms with van der Waals surface area (Å²) in [6.07, 6.45) is -26.4. The second kappa shape index (κ2) is 23.1. The summed E-state index contributed by atoms with van der Waals surface area (Å²) in [6.45, 7) is 5.80. The van der Waals surface area contributed by atoms with Crippen molar-refractivity contribution in [3.8, 4) is 0 Å². The number of allylic oxidation sites excluding steroid dienone is 1. The Kier molecular flexibility index (Phi) is 17.8. The van der Waals surface area contributed by atoms with Crippen LogP contribution in [0.1, 0.15) is 85.5 Å². The molecule has 24 nitrogen and oxygen atoms in total. The normalized spacial score (nSPS) is 52.4. The number of hydrogen-bond donors (Lipinski definition) is 14. The van der Waals surface area contributed by atoms with E-state index in [1.165, 1.54) is 0 Å². The van der Waals surface area contributed by atoms with E-state index in [2.05, 4.69) is 20.8 Å². The zero-order valence-electron chi connectivity index (χ0n) is 42.9. The van der Waals surface area contributed by atoms with Crippen LogP contribution in [0.2, 0.25) is 0 Å². The van der Waals surface area contributed by atoms with Crippen molar-refractivity contribution in [2.75, 3.05) is 33.0 Å². The van der Waals surface area contributed by atoms with E-state index in [1.807, 2.05) is 6.92 Å². The zero-order chi connectivity index (χ0) is 54.2. The molecule has 4 aliphatic carbocycles. The molecule has 0 unspecified atom stereocenters. The Morgan fingerprint density at radius 3 is 1.77 bits per heavy atom. The molecule has 0 spiro atoms. The molecule has 75 heavy (non-hydrogen) atoms. The van der Waals surface area contributed by atoms with E-state index < -0.39 is 161 Å². The van der Waals surface area contributed by atoms with Crippen LogP contribution in [0.5, 0.6) is 0 Å². The van der Waals surface area contributed by atoms with Crippen LogP contribution in [0, 0.1) is 46.3 Å². The van der Waals surface area contributed by atoms with Gasteiger partial charge < -0.3 is 114 Å². The van der Waals surface area contributed by atoms with Crippen molar-refractivity contribution in [1.82, 2.24) is 0 Å². The van der Waals surface area contributed by atoms with Crippen LogP contribution in [0.25, 0.3) is 0 Å². The Morgan fingerprint density at radius 2 is 1.13 bits per heavy atom. The summed E-state index contributed by atoms with van der Waals surface area (Å²) < 4.78 is 53.4. The number of carbonyl (C=O) groups excluding carboxylic acids is 1. The van der Waals surface area contributed by atoms with E-state index in [0.717, 1.165) is 37.0 Å². The molecular weight excluding hydrogens is 997 g/mol. The summed E-state index contributed by atoms with van der Waals surface area (Å²) >= 11 is 0. The average molecular weight is 1080 g/mol. The highest BCUT2D eigenvalue weighted by Crippen LogP contribution is 2.69. The molecule has 9 rings (SSSR count). The fraction of sp³-hybridized carbons (Fsp3) is 0.941. The SMILES string of the molecule is CC1=C(CC[C@@H](C)CO[C@@H]2O[C@H](CO)[C@@H](O)[C@H](O)[C@H]2O)O[C@H]2C[C@H]3[C@@H]4CC[C@H]5C[C@@H](O[C@@H]6O[C@H](CO)[C@H](O[C@@H]7O[C@H](CO)[C@@H](O)[C@H](O)[C@H]7O[C@@H]7O[C@H](CO)[C@H](O)[C@H](O)[C@H]7O)[C@H](O)[C@H]6O)CC[C@]5(C)[C@H]4CC(=O)[C@]3(C)[C@@H]12. The predicted molar refractivity (Wildman–Crippen MR) is 251 cm³/mol. The quantitative estimate of drug-likeness (QED) is 0.0659. The van der Waals surface area contributed by atoms with E-state index in [4.69, 9.17) is 42.6 Å². The van der Waals surface area contributed by atoms with Gasteiger partial charge in [-0.15, -0.1) is 0 Å². The van der Waals surface area contributed by atoms with Crippen molar-refractivity contribution in [2.24, 2.45) is 46.3 Å². The number of ether oxygens (including phenoxy) is 9. The number of Topliss-reactive ketones (excluding diaryl/α,β-unsaturated/α-hetero) is 1. The highest BCUT2D eigenvalue weighted by atomic mass is 16.8. The number of hydrogen-bond acceptors (Lipinski definition) is 24. The summed E-state index contributed by atoms with van der Waals surface area (Å²) in [7, 11) is 0. The van der Waals surface area contributed by atoms with Crippen LogP contribution in [0.3, 0.4) is 0 Å². The van der Waals surface area contributed by atoms with Crippen molar-refractivity contribution >= 4 is 5.78 Å². The van der Waals surface area contributed by atoms with Crippen molar-refractivity contribution in [3.05, 3.63) is 11.3 Å². The summed E-state index contributed by atoms with van der Waals surface area (Å²) in [5.41, 5.74) is 0.345. The van der Waals surface area contributed by atoms with E-state index in [0.29, 0.717) is 38.0 Å². The number of rotatable bonds is 16. The van der Waals surface area contributed by atoms with Gasteiger partial charge in [0, 0.05) is 24.2 Å². The van der Waals surface area contributed by atoms with Gasteiger partial charge >= 0.3 is 0 Å². The molecule has 4 saturated carbocycles. The summed E-state index contributed by atoms with van der Waals surface area (Å²) in [5, 5.41) is 147. The average Bonchev–Trinajstić information content (AvgIpc) is 3.89. The minimum absolute atomic E-state index is 0.00169. The van der Waals surface area contributed by atoms with E-state index >= 15 is 0 Å². The van der Waals surface area contributed by atoms with E-state index in [9.17, 15) is 76.3 Å². The van der Waals surface area contributed by atoms with Gasteiger partial charge in [0.15, 0.2) is 25.2 Å². The van der Waals surface area contributed by atoms with Gasteiger partial charge in [0.1, 0.15) is 110 Å². The summed E-state index contributed by atoms with van der Waals surface area (Å²) in [5.74, 6) is 1.88. The lowest BCUT2D eigenvalue weighted by Crippen LogP contribution is -2.67. The molecule has 9 aliphatic rings. The standard InChI is InChI=1S/C51H82O24/c1-19(18-67-46-41(64)37(60)34(57)28(14-52)70-46)5-8-26-20(2)33-27(69-26)12-25-23-7-6-21-11-22(9-10-50(21,3)24(23)13-32(56)51(25,33)4)68-47-43(66)40(63)44(31(17-55)73-47)74-49-45(39(62)36(59)30(16-54)72-49)75-48-42(65)38(61)35(58)29(15-53)71-48/h19,21-25,27-31,33-49,52-55,57-66H,5-18H2,1-4H3/t19-,21+,22+,23-,24+,25+,27+,28-,29-,30-,31-,33+,34-,35+,36-,37+,38+,39+,40-,41-,42-,43-,44+,45-,46-,47-,48+,49+,50+,51-/m1/s1. The van der Waals surface area contributed by atoms with Gasteiger partial charge in [-0.1, -0.05) is 20.8 Å². The van der Waals surface area contributed by atoms with Gasteiger partial charge in [-0.05, 0) is 92.4 Å². The Morgan fingerprint density at radius 1 is 0.600 bits per heavy atom. The van der Waals surface area contributed by atoms with Crippen LogP contribution in [-0.4, -0.2) is 245 Å². The van der Waals surface area contributed by atoms with Crippen LogP contribution in [0.15, 0.2) is 11.3 Å². The second-order valence-electron chi connectivity index (χ2n) is 23.6. The molecule has 0 amide bonds. The van der Waals surface area contributed by atoms with Crippen LogP contribution in [-0.2, 0) is 47.4 Å². The molecule has 8 fully saturated rings. The first-order valence-corrected chi connectivity index (χ1v) is 26.9. The number of aliphatic hydroxyl groups is 14. The molecule has 0 bridgehead atoms. The molecular formula is C51H82O24. The van der Waals surface area contributed by atoms with E-state index in [1.54, 1.807) is 0 Å². The van der Waals surface area contributed by atoms with E-state index in [-0.39, 0.29) is 53.5 Å². The van der Waals surface area contributed by atoms with Gasteiger partial charge in [-0.3, -0.25) is 4.79 Å². The largest absolute Gasteiger partial charge is 0.494 e. The lowest BCUT2D eigenvalue weighted by Gasteiger charge is -2.60. The van der Waals surface area contributed by atoms with Crippen LogP contribution in [0.4, 0.5) is 0 Å². The maximum Gasteiger partial charge on any atom is 0.187 e. The molecule has 30 atom stereocenters. The third-order valence-corrected chi connectivity index (χ3v) is 19.4. The fourth-order valence-electron chi connectivity index (χ4n) is 14.9. The first-order chi connectivity index (χ1) is 35.6. The number of aliphatic hydroxyl groups excluding tert-OH is 14. The van der Waals surface area contributed by atoms with Crippen LogP contribution >= 0.6 is 0 Å². The first kappa shape index (κ1) is 58.0. The molecule has 0 radical (unpaired) electrons. The van der Waals surface area contributed by atoms with Gasteiger partial charge in [-0.25, -0.2) is 0 Å². The maximum atomic E-state index is 14.7. The highest BCUT2D eigenvalue weighted by molar-refractivity contribution is 5.87. The van der Waals surface area contributed by atoms with Gasteiger partial charge in [0.05, 0.1) is 44.9 Å². The Balaban J connectivity index is 0.798. The van der Waals surface area contributed by atoms with Gasteiger partial charge in [0.2, 0.25) is 0 Å². The lowest BCUT2D eigenvalue weighted by atomic mass is 9.44. The predicted octanol–water partition coefficient (Wildman–Crippen LogP) is -3.83. The van der Waals surface area contributed by atoms with Crippen molar-refractivity contribution in [2.45, 2.75) is 221 Å². The smallest absolute Gasteiger partial charge is 0.187 e. The van der Waals surface area contributed by atoms with Gasteiger partial charge in [0.25, 0.3) is 0 Å². The Labute approximate surface area is 435 Å². The molecule has 24 heteroatoms. The number of carbonyl (C=O) groups is 1. The second-order valence-corrected chi connectivity index (χ2v) is 23.6.